The van der Waals surface area contributed by atoms with Crippen LogP contribution in [0.1, 0.15) is 37.8 Å². The number of likely N-dealkylation sites (tertiary alicyclic amines) is 1. The molecule has 0 aliphatic carbocycles. The molecule has 1 aromatic rings. The van der Waals surface area contributed by atoms with Gasteiger partial charge < -0.3 is 10.5 Å². The van der Waals surface area contributed by atoms with Crippen LogP contribution in [0.15, 0.2) is 24.5 Å². The minimum absolute atomic E-state index is 0.153. The van der Waals surface area contributed by atoms with Crippen molar-refractivity contribution in [3.63, 3.8) is 0 Å². The Morgan fingerprint density at radius 1 is 1.55 bits per heavy atom. The molecule has 0 bridgehead atoms. The van der Waals surface area contributed by atoms with Crippen molar-refractivity contribution >= 4 is 0 Å². The number of pyridine rings is 1. The van der Waals surface area contributed by atoms with Crippen LogP contribution in [-0.2, 0) is 4.74 Å². The summed E-state index contributed by atoms with van der Waals surface area (Å²) in [6.07, 6.45) is 7.24. The third-order valence-corrected chi connectivity index (χ3v) is 4.25. The van der Waals surface area contributed by atoms with Gasteiger partial charge in [-0.3, -0.25) is 9.88 Å². The largest absolute Gasteiger partial charge is 0.384 e. The number of hydrogen-bond donors (Lipinski definition) is 1. The molecule has 2 rings (SSSR count). The van der Waals surface area contributed by atoms with Crippen molar-refractivity contribution in [1.29, 1.82) is 0 Å². The summed E-state index contributed by atoms with van der Waals surface area (Å²) in [5.74, 6) is 0.622. The molecular formula is C16H27N3O. The zero-order valence-corrected chi connectivity index (χ0v) is 12.7. The standard InChI is InChI=1S/C16H27N3O/c1-3-15(17)16(14-7-4-8-18-10-14)19-9-5-6-13(11-19)12-20-2/h4,7-8,10,13,15-16H,3,5-6,9,11-12,17H2,1-2H3. The van der Waals surface area contributed by atoms with E-state index in [9.17, 15) is 0 Å². The molecule has 1 saturated heterocycles. The number of nitrogens with zero attached hydrogens (tertiary/aromatic N) is 2. The molecule has 4 heteroatoms. The molecule has 1 aliphatic heterocycles. The van der Waals surface area contributed by atoms with E-state index in [0.717, 1.165) is 26.1 Å². The van der Waals surface area contributed by atoms with Crippen molar-refractivity contribution < 1.29 is 4.74 Å². The van der Waals surface area contributed by atoms with Crippen LogP contribution in [0.25, 0.3) is 0 Å². The van der Waals surface area contributed by atoms with Crippen molar-refractivity contribution in [3.8, 4) is 0 Å². The number of ether oxygens (including phenoxy) is 1. The maximum Gasteiger partial charge on any atom is 0.0514 e. The van der Waals surface area contributed by atoms with E-state index in [0.29, 0.717) is 5.92 Å². The first-order chi connectivity index (χ1) is 9.76. The monoisotopic (exact) mass is 277 g/mol. The van der Waals surface area contributed by atoms with Crippen LogP contribution in [0.3, 0.4) is 0 Å². The molecule has 0 saturated carbocycles. The van der Waals surface area contributed by atoms with Crippen LogP contribution >= 0.6 is 0 Å². The van der Waals surface area contributed by atoms with Gasteiger partial charge in [-0.1, -0.05) is 13.0 Å². The maximum atomic E-state index is 6.40. The minimum atomic E-state index is 0.153. The lowest BCUT2D eigenvalue weighted by Crippen LogP contribution is -2.46. The molecule has 3 unspecified atom stereocenters. The summed E-state index contributed by atoms with van der Waals surface area (Å²) >= 11 is 0. The second-order valence-corrected chi connectivity index (χ2v) is 5.76. The number of aromatic nitrogens is 1. The summed E-state index contributed by atoms with van der Waals surface area (Å²) in [6, 6.07) is 4.57. The SMILES string of the molecule is CCC(N)C(c1cccnc1)N1CCCC(COC)C1. The van der Waals surface area contributed by atoms with Crippen LogP contribution in [0.5, 0.6) is 0 Å². The average molecular weight is 277 g/mol. The van der Waals surface area contributed by atoms with E-state index < -0.39 is 0 Å². The highest BCUT2D eigenvalue weighted by Crippen LogP contribution is 2.29. The van der Waals surface area contributed by atoms with Crippen molar-refractivity contribution in [3.05, 3.63) is 30.1 Å². The molecule has 3 atom stereocenters. The smallest absolute Gasteiger partial charge is 0.0514 e. The lowest BCUT2D eigenvalue weighted by molar-refractivity contribution is 0.0596. The molecule has 2 N–H and O–H groups in total. The molecule has 0 radical (unpaired) electrons. The summed E-state index contributed by atoms with van der Waals surface area (Å²) in [7, 11) is 1.79. The first-order valence-electron chi connectivity index (χ1n) is 7.64. The van der Waals surface area contributed by atoms with E-state index in [4.69, 9.17) is 10.5 Å². The van der Waals surface area contributed by atoms with Crippen LogP contribution in [0.4, 0.5) is 0 Å². The average Bonchev–Trinajstić information content (AvgIpc) is 2.49. The van der Waals surface area contributed by atoms with Gasteiger partial charge in [0.15, 0.2) is 0 Å². The number of rotatable bonds is 6. The number of hydrogen-bond acceptors (Lipinski definition) is 4. The fourth-order valence-electron chi connectivity index (χ4n) is 3.22. The van der Waals surface area contributed by atoms with Gasteiger partial charge in [-0.05, 0) is 43.4 Å². The summed E-state index contributed by atoms with van der Waals surface area (Å²) in [4.78, 5) is 6.79. The van der Waals surface area contributed by atoms with Crippen LogP contribution in [-0.4, -0.2) is 42.7 Å². The van der Waals surface area contributed by atoms with Crippen LogP contribution in [0.2, 0.25) is 0 Å². The first kappa shape index (κ1) is 15.4. The molecule has 20 heavy (non-hydrogen) atoms. The van der Waals surface area contributed by atoms with Crippen molar-refractivity contribution in [2.75, 3.05) is 26.8 Å². The third kappa shape index (κ3) is 3.78. The molecule has 0 amide bonds. The fourth-order valence-corrected chi connectivity index (χ4v) is 3.22. The Balaban J connectivity index is 2.14. The lowest BCUT2D eigenvalue weighted by Gasteiger charge is -2.40. The van der Waals surface area contributed by atoms with Gasteiger partial charge in [-0.25, -0.2) is 0 Å². The Morgan fingerprint density at radius 3 is 3.05 bits per heavy atom. The number of nitrogens with two attached hydrogens (primary N) is 1. The van der Waals surface area contributed by atoms with Gasteiger partial charge in [0.25, 0.3) is 0 Å². The molecule has 0 spiro atoms. The van der Waals surface area contributed by atoms with Gasteiger partial charge in [0, 0.05) is 32.1 Å². The first-order valence-corrected chi connectivity index (χ1v) is 7.64. The van der Waals surface area contributed by atoms with Gasteiger partial charge >= 0.3 is 0 Å². The van der Waals surface area contributed by atoms with Crippen molar-refractivity contribution in [2.45, 2.75) is 38.3 Å². The van der Waals surface area contributed by atoms with E-state index in [2.05, 4.69) is 22.9 Å². The Kier molecular flexibility index (Phi) is 5.95. The number of piperidine rings is 1. The molecule has 4 nitrogen and oxygen atoms in total. The molecule has 0 aromatic carbocycles. The highest BCUT2D eigenvalue weighted by molar-refractivity contribution is 5.16. The predicted molar refractivity (Wildman–Crippen MR) is 81.4 cm³/mol. The van der Waals surface area contributed by atoms with Gasteiger partial charge in [0.1, 0.15) is 0 Å². The highest BCUT2D eigenvalue weighted by atomic mass is 16.5. The Bertz CT molecular complexity index is 383. The van der Waals surface area contributed by atoms with Crippen LogP contribution < -0.4 is 5.73 Å². The summed E-state index contributed by atoms with van der Waals surface area (Å²) in [5.41, 5.74) is 7.63. The third-order valence-electron chi connectivity index (χ3n) is 4.25. The van der Waals surface area contributed by atoms with E-state index in [1.165, 1.54) is 18.4 Å². The molecule has 112 valence electrons. The van der Waals surface area contributed by atoms with Gasteiger partial charge in [0.05, 0.1) is 12.6 Å². The second kappa shape index (κ2) is 7.72. The summed E-state index contributed by atoms with van der Waals surface area (Å²) in [6.45, 7) is 5.19. The molecular weight excluding hydrogens is 250 g/mol. The van der Waals surface area contributed by atoms with Gasteiger partial charge in [0.2, 0.25) is 0 Å². The molecule has 2 heterocycles. The van der Waals surface area contributed by atoms with E-state index in [-0.39, 0.29) is 12.1 Å². The highest BCUT2D eigenvalue weighted by Gasteiger charge is 2.30. The zero-order chi connectivity index (χ0) is 14.4. The molecule has 1 fully saturated rings. The lowest BCUT2D eigenvalue weighted by atomic mass is 9.92. The Morgan fingerprint density at radius 2 is 2.40 bits per heavy atom. The van der Waals surface area contributed by atoms with Gasteiger partial charge in [-0.15, -0.1) is 0 Å². The molecule has 1 aliphatic rings. The quantitative estimate of drug-likeness (QED) is 0.866. The zero-order valence-electron chi connectivity index (χ0n) is 12.7. The van der Waals surface area contributed by atoms with Crippen molar-refractivity contribution in [2.24, 2.45) is 11.7 Å². The van der Waals surface area contributed by atoms with Crippen molar-refractivity contribution in [1.82, 2.24) is 9.88 Å². The van der Waals surface area contributed by atoms with E-state index in [1.807, 2.05) is 18.5 Å². The van der Waals surface area contributed by atoms with Gasteiger partial charge in [-0.2, -0.15) is 0 Å². The molecule has 1 aromatic heterocycles. The Hall–Kier alpha value is -0.970. The Labute approximate surface area is 122 Å². The van der Waals surface area contributed by atoms with E-state index in [1.54, 1.807) is 7.11 Å². The second-order valence-electron chi connectivity index (χ2n) is 5.76. The maximum absolute atomic E-state index is 6.40. The predicted octanol–water partition coefficient (Wildman–Crippen LogP) is 2.22. The normalized spacial score (nSPS) is 23.4. The van der Waals surface area contributed by atoms with E-state index >= 15 is 0 Å². The minimum Gasteiger partial charge on any atom is -0.384 e. The topological polar surface area (TPSA) is 51.4 Å². The van der Waals surface area contributed by atoms with Crippen LogP contribution in [0, 0.1) is 5.92 Å². The fraction of sp³-hybridized carbons (Fsp3) is 0.688. The summed E-state index contributed by atoms with van der Waals surface area (Å²) < 4.78 is 5.33. The summed E-state index contributed by atoms with van der Waals surface area (Å²) in [5, 5.41) is 0. The number of methoxy groups -OCH3 is 1.